The molecule has 0 radical (unpaired) electrons. The van der Waals surface area contributed by atoms with E-state index >= 15 is 0 Å². The first-order chi connectivity index (χ1) is 20.5. The molecule has 0 saturated carbocycles. The second-order valence-electron chi connectivity index (χ2n) is 12.7. The van der Waals surface area contributed by atoms with Crippen LogP contribution in [0.15, 0.2) is 42.1 Å². The molecular weight excluding hydrogens is 528 g/mol. The molecule has 8 heteroatoms. The number of quaternary nitrogens is 2. The lowest BCUT2D eigenvalue weighted by atomic mass is 9.72. The van der Waals surface area contributed by atoms with Gasteiger partial charge in [-0.15, -0.1) is 0 Å². The SMILES string of the molecule is O=C(CC[NH+]1CCCCCCC1)NC1=CC2C(=O)c3ccc(NC(=O)CC[NH+]4CCCCCCC4)cc3C(=O)C2C=C1. The van der Waals surface area contributed by atoms with Crippen LogP contribution in [0.2, 0.25) is 0 Å². The van der Waals surface area contributed by atoms with Crippen molar-refractivity contribution in [1.29, 1.82) is 0 Å². The lowest BCUT2D eigenvalue weighted by Crippen LogP contribution is -3.12. The number of carbonyl (C=O) groups is 4. The Morgan fingerprint density at radius 1 is 0.667 bits per heavy atom. The number of amides is 2. The van der Waals surface area contributed by atoms with Crippen molar-refractivity contribution in [1.82, 2.24) is 5.32 Å². The lowest BCUT2D eigenvalue weighted by molar-refractivity contribution is -0.900. The zero-order chi connectivity index (χ0) is 29.3. The second kappa shape index (κ2) is 14.9. The van der Waals surface area contributed by atoms with E-state index in [0.29, 0.717) is 35.4 Å². The minimum absolute atomic E-state index is 0.0535. The molecule has 2 unspecified atom stereocenters. The number of hydrogen-bond acceptors (Lipinski definition) is 4. The van der Waals surface area contributed by atoms with Gasteiger partial charge in [-0.25, -0.2) is 0 Å². The highest BCUT2D eigenvalue weighted by atomic mass is 16.2. The van der Waals surface area contributed by atoms with Gasteiger partial charge >= 0.3 is 0 Å². The number of rotatable bonds is 8. The number of Topliss-reactive ketones (excluding diaryl/α,β-unsaturated/α-hetero) is 2. The molecule has 226 valence electrons. The van der Waals surface area contributed by atoms with Crippen molar-refractivity contribution in [2.45, 2.75) is 77.0 Å². The Bertz CT molecular complexity index is 1210. The number of nitrogens with one attached hydrogen (secondary N) is 4. The Hall–Kier alpha value is -3.10. The molecule has 0 spiro atoms. The van der Waals surface area contributed by atoms with Gasteiger partial charge in [-0.1, -0.05) is 18.9 Å². The fourth-order valence-electron chi connectivity index (χ4n) is 6.99. The molecule has 5 rings (SSSR count). The third kappa shape index (κ3) is 8.04. The van der Waals surface area contributed by atoms with Crippen molar-refractivity contribution in [3.63, 3.8) is 0 Å². The summed E-state index contributed by atoms with van der Waals surface area (Å²) in [7, 11) is 0. The summed E-state index contributed by atoms with van der Waals surface area (Å²) >= 11 is 0. The predicted molar refractivity (Wildman–Crippen MR) is 163 cm³/mol. The van der Waals surface area contributed by atoms with Crippen LogP contribution in [0.1, 0.15) is 97.8 Å². The molecule has 8 nitrogen and oxygen atoms in total. The second-order valence-corrected chi connectivity index (χ2v) is 12.7. The van der Waals surface area contributed by atoms with Crippen molar-refractivity contribution < 1.29 is 29.0 Å². The predicted octanol–water partition coefficient (Wildman–Crippen LogP) is 2.28. The van der Waals surface area contributed by atoms with Crippen LogP contribution in [-0.2, 0) is 9.59 Å². The number of fused-ring (bicyclic) bond motifs is 2. The highest BCUT2D eigenvalue weighted by Gasteiger charge is 2.40. The Morgan fingerprint density at radius 2 is 1.19 bits per heavy atom. The molecule has 2 amide bonds. The van der Waals surface area contributed by atoms with Gasteiger partial charge in [0.05, 0.1) is 63.9 Å². The molecule has 1 aromatic carbocycles. The fourth-order valence-corrected chi connectivity index (χ4v) is 6.99. The van der Waals surface area contributed by atoms with Gasteiger partial charge in [-0.2, -0.15) is 0 Å². The van der Waals surface area contributed by atoms with Crippen LogP contribution in [0.4, 0.5) is 5.69 Å². The first-order valence-corrected chi connectivity index (χ1v) is 16.4. The van der Waals surface area contributed by atoms with E-state index < -0.39 is 11.8 Å². The third-order valence-electron chi connectivity index (χ3n) is 9.49. The Morgan fingerprint density at radius 3 is 1.79 bits per heavy atom. The zero-order valence-electron chi connectivity index (χ0n) is 25.0. The Labute approximate surface area is 250 Å². The van der Waals surface area contributed by atoms with Crippen LogP contribution in [-0.4, -0.2) is 62.6 Å². The van der Waals surface area contributed by atoms with E-state index in [4.69, 9.17) is 0 Å². The van der Waals surface area contributed by atoms with Crippen LogP contribution in [0.25, 0.3) is 0 Å². The molecule has 4 aliphatic rings. The largest absolute Gasteiger partial charge is 0.335 e. The monoisotopic (exact) mass is 576 g/mol. The van der Waals surface area contributed by atoms with E-state index in [-0.39, 0.29) is 23.4 Å². The normalized spacial score (nSPS) is 23.9. The van der Waals surface area contributed by atoms with Crippen molar-refractivity contribution in [3.8, 4) is 0 Å². The topological polar surface area (TPSA) is 101 Å². The van der Waals surface area contributed by atoms with Crippen LogP contribution in [0.5, 0.6) is 0 Å². The Balaban J connectivity index is 1.15. The molecule has 2 saturated heterocycles. The van der Waals surface area contributed by atoms with E-state index in [9.17, 15) is 19.2 Å². The van der Waals surface area contributed by atoms with Crippen LogP contribution in [0.3, 0.4) is 0 Å². The first kappa shape index (κ1) is 30.4. The van der Waals surface area contributed by atoms with Gasteiger partial charge < -0.3 is 20.4 Å². The van der Waals surface area contributed by atoms with Crippen LogP contribution < -0.4 is 20.4 Å². The minimum Gasteiger partial charge on any atom is -0.335 e. The highest BCUT2D eigenvalue weighted by molar-refractivity contribution is 6.18. The number of benzene rings is 1. The van der Waals surface area contributed by atoms with Crippen molar-refractivity contribution in [2.24, 2.45) is 11.8 Å². The smallest absolute Gasteiger partial charge is 0.230 e. The van der Waals surface area contributed by atoms with Crippen molar-refractivity contribution in [2.75, 3.05) is 44.6 Å². The number of allylic oxidation sites excluding steroid dienone is 3. The summed E-state index contributed by atoms with van der Waals surface area (Å²) in [5.41, 5.74) is 1.86. The summed E-state index contributed by atoms with van der Waals surface area (Å²) in [6.45, 7) is 6.13. The average Bonchev–Trinajstić information content (AvgIpc) is 2.95. The summed E-state index contributed by atoms with van der Waals surface area (Å²) in [4.78, 5) is 55.3. The highest BCUT2D eigenvalue weighted by Crippen LogP contribution is 2.36. The molecule has 0 bridgehead atoms. The van der Waals surface area contributed by atoms with E-state index in [1.807, 2.05) is 0 Å². The maximum absolute atomic E-state index is 13.4. The quantitative estimate of drug-likeness (QED) is 0.382. The average molecular weight is 577 g/mol. The van der Waals surface area contributed by atoms with E-state index in [0.717, 1.165) is 39.3 Å². The summed E-state index contributed by atoms with van der Waals surface area (Å²) in [5, 5.41) is 5.90. The lowest BCUT2D eigenvalue weighted by Gasteiger charge is -2.30. The zero-order valence-corrected chi connectivity index (χ0v) is 25.0. The number of carbonyl (C=O) groups excluding carboxylic acids is 4. The minimum atomic E-state index is -0.633. The molecule has 2 heterocycles. The maximum atomic E-state index is 13.4. The van der Waals surface area contributed by atoms with Gasteiger partial charge in [-0.05, 0) is 81.7 Å². The van der Waals surface area contributed by atoms with Crippen LogP contribution >= 0.6 is 0 Å². The van der Waals surface area contributed by atoms with E-state index in [1.54, 1.807) is 36.4 Å². The van der Waals surface area contributed by atoms with Gasteiger partial charge in [0.15, 0.2) is 11.6 Å². The van der Waals surface area contributed by atoms with Gasteiger partial charge in [0.25, 0.3) is 0 Å². The number of likely N-dealkylation sites (tertiary alicyclic amines) is 2. The third-order valence-corrected chi connectivity index (χ3v) is 9.49. The molecule has 2 fully saturated rings. The summed E-state index contributed by atoms with van der Waals surface area (Å²) in [6.07, 6.45) is 18.7. The summed E-state index contributed by atoms with van der Waals surface area (Å²) < 4.78 is 0. The molecular formula is C34H48N4O4+2. The Kier molecular flexibility index (Phi) is 10.8. The summed E-state index contributed by atoms with van der Waals surface area (Å²) in [6, 6.07) is 5.01. The van der Waals surface area contributed by atoms with Gasteiger partial charge in [-0.3, -0.25) is 19.2 Å². The van der Waals surface area contributed by atoms with E-state index in [2.05, 4.69) is 10.6 Å². The van der Waals surface area contributed by atoms with Crippen molar-refractivity contribution in [3.05, 3.63) is 53.3 Å². The number of ketones is 2. The van der Waals surface area contributed by atoms with Crippen LogP contribution in [0, 0.1) is 11.8 Å². The fraction of sp³-hybridized carbons (Fsp3) is 0.588. The summed E-state index contributed by atoms with van der Waals surface area (Å²) in [5.74, 6) is -1.61. The molecule has 1 aromatic rings. The molecule has 0 aromatic heterocycles. The number of hydrogen-bond donors (Lipinski definition) is 4. The standard InChI is InChI=1S/C34H46N4O4/c39-31(15-21-37-17-7-3-1-4-8-18-37)35-25-11-13-27-29(23-25)33(41)28-14-12-26(24-30(28)34(27)42)36-32(40)16-22-38-19-9-5-2-6-10-20-38/h11-14,23-24,27,29H,1-10,15-22H2,(H,35,39)(H,36,40)/p+2. The van der Waals surface area contributed by atoms with Gasteiger partial charge in [0, 0.05) is 22.5 Å². The molecule has 2 atom stereocenters. The molecule has 4 N–H and O–H groups in total. The molecule has 2 aliphatic carbocycles. The van der Waals surface area contributed by atoms with E-state index in [1.165, 1.54) is 74.0 Å². The maximum Gasteiger partial charge on any atom is 0.230 e. The van der Waals surface area contributed by atoms with Gasteiger partial charge in [0.1, 0.15) is 0 Å². The first-order valence-electron chi connectivity index (χ1n) is 16.4. The molecule has 2 aliphatic heterocycles. The molecule has 42 heavy (non-hydrogen) atoms. The van der Waals surface area contributed by atoms with Gasteiger partial charge in [0.2, 0.25) is 11.8 Å². The number of anilines is 1. The van der Waals surface area contributed by atoms with Crippen molar-refractivity contribution >= 4 is 29.1 Å².